The van der Waals surface area contributed by atoms with Crippen molar-refractivity contribution in [3.8, 4) is 16.5 Å². The van der Waals surface area contributed by atoms with Crippen LogP contribution in [0, 0.1) is 19.8 Å². The molecule has 0 radical (unpaired) electrons. The summed E-state index contributed by atoms with van der Waals surface area (Å²) < 4.78 is 38.1. The molecule has 1 saturated heterocycles. The van der Waals surface area contributed by atoms with Crippen LogP contribution in [0.25, 0.3) is 10.7 Å². The third-order valence-corrected chi connectivity index (χ3v) is 8.60. The lowest BCUT2D eigenvalue weighted by atomic mass is 9.97. The fraction of sp³-hybridized carbons (Fsp3) is 0.381. The molecule has 0 atom stereocenters. The Morgan fingerprint density at radius 2 is 2.00 bits per heavy atom. The van der Waals surface area contributed by atoms with E-state index < -0.39 is 10.0 Å². The molecule has 1 aliphatic rings. The van der Waals surface area contributed by atoms with Crippen LogP contribution in [-0.4, -0.2) is 49.0 Å². The molecule has 11 heteroatoms. The zero-order chi connectivity index (χ0) is 22.9. The quantitative estimate of drug-likeness (QED) is 0.579. The number of benzene rings is 1. The zero-order valence-electron chi connectivity index (χ0n) is 18.0. The van der Waals surface area contributed by atoms with Crippen LogP contribution in [0.15, 0.2) is 39.8 Å². The molecule has 1 N–H and O–H groups in total. The molecule has 4 rings (SSSR count). The summed E-state index contributed by atoms with van der Waals surface area (Å²) >= 11 is 1.32. The highest BCUT2D eigenvalue weighted by Crippen LogP contribution is 2.35. The molecule has 0 saturated carbocycles. The SMILES string of the molecule is COc1cccc(NC(=O)C2CCN(S(=O)(=O)c3cc(-c4noc(C)n4)sc3C)CC2)c1. The van der Waals surface area contributed by atoms with Crippen molar-refractivity contribution in [2.24, 2.45) is 5.92 Å². The molecule has 3 heterocycles. The molecule has 32 heavy (non-hydrogen) atoms. The smallest absolute Gasteiger partial charge is 0.244 e. The largest absolute Gasteiger partial charge is 0.497 e. The monoisotopic (exact) mass is 476 g/mol. The Morgan fingerprint density at radius 3 is 2.66 bits per heavy atom. The van der Waals surface area contributed by atoms with E-state index in [9.17, 15) is 13.2 Å². The second kappa shape index (κ2) is 9.00. The number of rotatable bonds is 6. The number of methoxy groups -OCH3 is 1. The number of aromatic nitrogens is 2. The Bertz CT molecular complexity index is 1230. The third kappa shape index (κ3) is 4.54. The summed E-state index contributed by atoms with van der Waals surface area (Å²) in [5.74, 6) is 1.09. The van der Waals surface area contributed by atoms with E-state index in [1.807, 2.05) is 0 Å². The van der Waals surface area contributed by atoms with E-state index in [2.05, 4.69) is 15.5 Å². The fourth-order valence-corrected chi connectivity index (χ4v) is 6.63. The third-order valence-electron chi connectivity index (χ3n) is 5.40. The van der Waals surface area contributed by atoms with Gasteiger partial charge in [0.1, 0.15) is 5.75 Å². The van der Waals surface area contributed by atoms with Crippen LogP contribution in [0.5, 0.6) is 5.75 Å². The molecular weight excluding hydrogens is 452 g/mol. The Labute approximate surface area is 190 Å². The van der Waals surface area contributed by atoms with E-state index in [0.717, 1.165) is 0 Å². The summed E-state index contributed by atoms with van der Waals surface area (Å²) in [4.78, 5) is 18.4. The van der Waals surface area contributed by atoms with Crippen molar-refractivity contribution in [2.75, 3.05) is 25.5 Å². The van der Waals surface area contributed by atoms with Gasteiger partial charge in [-0.3, -0.25) is 4.79 Å². The van der Waals surface area contributed by atoms with Crippen LogP contribution in [0.3, 0.4) is 0 Å². The van der Waals surface area contributed by atoms with Gasteiger partial charge in [-0.05, 0) is 38.0 Å². The van der Waals surface area contributed by atoms with Gasteiger partial charge in [-0.15, -0.1) is 11.3 Å². The number of nitrogens with one attached hydrogen (secondary N) is 1. The maximum atomic E-state index is 13.2. The zero-order valence-corrected chi connectivity index (χ0v) is 19.6. The fourth-order valence-electron chi connectivity index (χ4n) is 3.67. The summed E-state index contributed by atoms with van der Waals surface area (Å²) in [6.45, 7) is 4.01. The first-order valence-corrected chi connectivity index (χ1v) is 12.4. The second-order valence-electron chi connectivity index (χ2n) is 7.57. The highest BCUT2D eigenvalue weighted by molar-refractivity contribution is 7.89. The van der Waals surface area contributed by atoms with Gasteiger partial charge in [0, 0.05) is 42.6 Å². The summed E-state index contributed by atoms with van der Waals surface area (Å²) in [6, 6.07) is 8.75. The first-order chi connectivity index (χ1) is 15.3. The molecule has 1 aliphatic heterocycles. The van der Waals surface area contributed by atoms with Gasteiger partial charge in [-0.2, -0.15) is 9.29 Å². The Hall–Kier alpha value is -2.76. The van der Waals surface area contributed by atoms with Gasteiger partial charge in [-0.25, -0.2) is 8.42 Å². The van der Waals surface area contributed by atoms with E-state index in [4.69, 9.17) is 9.26 Å². The average molecular weight is 477 g/mol. The number of thiophene rings is 1. The predicted octanol–water partition coefficient (Wildman–Crippen LogP) is 3.46. The molecule has 1 amide bonds. The second-order valence-corrected chi connectivity index (χ2v) is 10.7. The number of piperidine rings is 1. The molecular formula is C21H24N4O5S2. The summed E-state index contributed by atoms with van der Waals surface area (Å²) in [7, 11) is -2.11. The topological polar surface area (TPSA) is 115 Å². The van der Waals surface area contributed by atoms with Gasteiger partial charge >= 0.3 is 0 Å². The highest BCUT2D eigenvalue weighted by atomic mass is 32.2. The standard InChI is InChI=1S/C21H24N4O5S2/c1-13-19(12-18(31-13)20-22-14(2)30-24-20)32(27,28)25-9-7-15(8-10-25)21(26)23-16-5-4-6-17(11-16)29-3/h4-6,11-12,15H,7-10H2,1-3H3,(H,23,26). The Morgan fingerprint density at radius 1 is 1.25 bits per heavy atom. The molecule has 1 aromatic carbocycles. The molecule has 9 nitrogen and oxygen atoms in total. The van der Waals surface area contributed by atoms with Crippen LogP contribution in [-0.2, 0) is 14.8 Å². The number of hydrogen-bond acceptors (Lipinski definition) is 8. The van der Waals surface area contributed by atoms with E-state index in [0.29, 0.717) is 45.7 Å². The Balaban J connectivity index is 1.42. The van der Waals surface area contributed by atoms with Crippen LogP contribution in [0.2, 0.25) is 0 Å². The lowest BCUT2D eigenvalue weighted by Crippen LogP contribution is -2.41. The van der Waals surface area contributed by atoms with Gasteiger partial charge in [0.15, 0.2) is 0 Å². The molecule has 170 valence electrons. The van der Waals surface area contributed by atoms with Crippen molar-refractivity contribution < 1.29 is 22.5 Å². The Kier molecular flexibility index (Phi) is 6.31. The van der Waals surface area contributed by atoms with Crippen molar-refractivity contribution in [3.05, 3.63) is 41.1 Å². The van der Waals surface area contributed by atoms with Gasteiger partial charge in [-0.1, -0.05) is 11.2 Å². The summed E-state index contributed by atoms with van der Waals surface area (Å²) in [5.41, 5.74) is 0.655. The molecule has 2 aromatic heterocycles. The molecule has 0 aliphatic carbocycles. The van der Waals surface area contributed by atoms with Gasteiger partial charge in [0.05, 0.1) is 16.9 Å². The van der Waals surface area contributed by atoms with Crippen LogP contribution in [0.1, 0.15) is 23.6 Å². The average Bonchev–Trinajstić information content (AvgIpc) is 3.39. The van der Waals surface area contributed by atoms with Gasteiger partial charge in [0.2, 0.25) is 27.6 Å². The van der Waals surface area contributed by atoms with Crippen molar-refractivity contribution in [3.63, 3.8) is 0 Å². The normalized spacial score (nSPS) is 15.6. The molecule has 0 bridgehead atoms. The predicted molar refractivity (Wildman–Crippen MR) is 120 cm³/mol. The maximum Gasteiger partial charge on any atom is 0.244 e. The van der Waals surface area contributed by atoms with Crippen LogP contribution < -0.4 is 10.1 Å². The van der Waals surface area contributed by atoms with E-state index in [1.54, 1.807) is 51.3 Å². The molecule has 1 fully saturated rings. The van der Waals surface area contributed by atoms with Crippen molar-refractivity contribution in [1.82, 2.24) is 14.4 Å². The maximum absolute atomic E-state index is 13.2. The van der Waals surface area contributed by atoms with Crippen LogP contribution >= 0.6 is 11.3 Å². The molecule has 3 aromatic rings. The van der Waals surface area contributed by atoms with E-state index >= 15 is 0 Å². The minimum atomic E-state index is -3.68. The first kappa shape index (κ1) is 22.4. The number of carbonyl (C=O) groups excluding carboxylic acids is 1. The van der Waals surface area contributed by atoms with Crippen molar-refractivity contribution in [1.29, 1.82) is 0 Å². The molecule has 0 spiro atoms. The lowest BCUT2D eigenvalue weighted by molar-refractivity contribution is -0.120. The highest BCUT2D eigenvalue weighted by Gasteiger charge is 2.34. The van der Waals surface area contributed by atoms with Crippen molar-refractivity contribution >= 4 is 33.0 Å². The van der Waals surface area contributed by atoms with E-state index in [-0.39, 0.29) is 29.8 Å². The number of amides is 1. The number of anilines is 1. The number of sulfonamides is 1. The number of nitrogens with zero attached hydrogens (tertiary/aromatic N) is 3. The lowest BCUT2D eigenvalue weighted by Gasteiger charge is -2.30. The van der Waals surface area contributed by atoms with E-state index in [1.165, 1.54) is 15.6 Å². The van der Waals surface area contributed by atoms with Crippen LogP contribution in [0.4, 0.5) is 5.69 Å². The number of carbonyl (C=O) groups is 1. The summed E-state index contributed by atoms with van der Waals surface area (Å²) in [6.07, 6.45) is 0.907. The summed E-state index contributed by atoms with van der Waals surface area (Å²) in [5, 5.41) is 6.77. The first-order valence-electron chi connectivity index (χ1n) is 10.1. The number of hydrogen-bond donors (Lipinski definition) is 1. The van der Waals surface area contributed by atoms with Crippen molar-refractivity contribution in [2.45, 2.75) is 31.6 Å². The number of ether oxygens (including phenoxy) is 1. The van der Waals surface area contributed by atoms with Gasteiger partial charge < -0.3 is 14.6 Å². The minimum Gasteiger partial charge on any atom is -0.497 e. The minimum absolute atomic E-state index is 0.114. The number of aryl methyl sites for hydroxylation is 2. The molecule has 0 unspecified atom stereocenters. The van der Waals surface area contributed by atoms with Gasteiger partial charge in [0.25, 0.3) is 0 Å².